The molecule has 0 spiro atoms. The average Bonchev–Trinajstić information content (AvgIpc) is 2.49. The lowest BCUT2D eigenvalue weighted by Crippen LogP contribution is -2.65. The smallest absolute Gasteiger partial charge is 0.0306 e. The predicted molar refractivity (Wildman–Crippen MR) is 87.1 cm³/mol. The number of hydrogen-bond acceptors (Lipinski definition) is 2. The minimum absolute atomic E-state index is 0.308. The molecular formula is C18H30N2. The van der Waals surface area contributed by atoms with Gasteiger partial charge in [0.1, 0.15) is 0 Å². The molecule has 1 aliphatic rings. The molecule has 20 heavy (non-hydrogen) atoms. The van der Waals surface area contributed by atoms with Crippen molar-refractivity contribution in [3.8, 4) is 0 Å². The number of nitrogens with zero attached hydrogens (tertiary/aromatic N) is 1. The third kappa shape index (κ3) is 3.42. The molecule has 0 bridgehead atoms. The first kappa shape index (κ1) is 15.5. The zero-order valence-electron chi connectivity index (χ0n) is 13.5. The van der Waals surface area contributed by atoms with Crippen LogP contribution in [0.3, 0.4) is 0 Å². The summed E-state index contributed by atoms with van der Waals surface area (Å²) in [7, 11) is 0. The Morgan fingerprint density at radius 3 is 2.60 bits per heavy atom. The van der Waals surface area contributed by atoms with Gasteiger partial charge >= 0.3 is 0 Å². The second-order valence-electron chi connectivity index (χ2n) is 6.53. The summed E-state index contributed by atoms with van der Waals surface area (Å²) in [6, 6.07) is 12.1. The second-order valence-corrected chi connectivity index (χ2v) is 6.53. The van der Waals surface area contributed by atoms with Gasteiger partial charge in [-0.05, 0) is 38.7 Å². The molecule has 0 saturated carbocycles. The average molecular weight is 274 g/mol. The van der Waals surface area contributed by atoms with Crippen LogP contribution in [0.5, 0.6) is 0 Å². The number of benzene rings is 1. The van der Waals surface area contributed by atoms with Gasteiger partial charge in [0.2, 0.25) is 0 Å². The standard InChI is InChI=1S/C18H30N2/c1-5-15(3)20-13-17(19-14-18(20,4)6-2)12-16-10-8-7-9-11-16/h7-11,15,17,19H,5-6,12-14H2,1-4H3. The van der Waals surface area contributed by atoms with Gasteiger partial charge in [-0.15, -0.1) is 0 Å². The molecule has 3 unspecified atom stereocenters. The van der Waals surface area contributed by atoms with E-state index in [2.05, 4.69) is 68.2 Å². The Bertz CT molecular complexity index is 403. The van der Waals surface area contributed by atoms with Crippen LogP contribution >= 0.6 is 0 Å². The molecule has 1 N–H and O–H groups in total. The highest BCUT2D eigenvalue weighted by Crippen LogP contribution is 2.27. The quantitative estimate of drug-likeness (QED) is 0.884. The van der Waals surface area contributed by atoms with E-state index >= 15 is 0 Å². The van der Waals surface area contributed by atoms with Crippen LogP contribution in [0.1, 0.15) is 46.1 Å². The lowest BCUT2D eigenvalue weighted by molar-refractivity contribution is 0.0149. The Hall–Kier alpha value is -0.860. The number of hydrogen-bond donors (Lipinski definition) is 1. The molecule has 3 atom stereocenters. The summed E-state index contributed by atoms with van der Waals surface area (Å²) in [6.07, 6.45) is 3.57. The van der Waals surface area contributed by atoms with Crippen molar-refractivity contribution in [2.75, 3.05) is 13.1 Å². The third-order valence-electron chi connectivity index (χ3n) is 5.09. The van der Waals surface area contributed by atoms with Gasteiger partial charge in [-0.2, -0.15) is 0 Å². The van der Waals surface area contributed by atoms with Crippen LogP contribution in [-0.4, -0.2) is 35.6 Å². The summed E-state index contributed by atoms with van der Waals surface area (Å²) < 4.78 is 0. The molecule has 112 valence electrons. The van der Waals surface area contributed by atoms with Crippen molar-refractivity contribution in [1.29, 1.82) is 0 Å². The highest BCUT2D eigenvalue weighted by atomic mass is 15.3. The zero-order chi connectivity index (χ0) is 14.6. The first-order chi connectivity index (χ1) is 9.59. The first-order valence-corrected chi connectivity index (χ1v) is 8.13. The summed E-state index contributed by atoms with van der Waals surface area (Å²) in [5, 5.41) is 3.78. The Morgan fingerprint density at radius 1 is 1.30 bits per heavy atom. The normalized spacial score (nSPS) is 29.3. The van der Waals surface area contributed by atoms with E-state index in [0.717, 1.165) is 19.5 Å². The van der Waals surface area contributed by atoms with Crippen molar-refractivity contribution >= 4 is 0 Å². The largest absolute Gasteiger partial charge is 0.311 e. The molecule has 0 amide bonds. The molecule has 1 aromatic carbocycles. The predicted octanol–water partition coefficient (Wildman–Crippen LogP) is 3.47. The summed E-state index contributed by atoms with van der Waals surface area (Å²) in [5.41, 5.74) is 1.75. The van der Waals surface area contributed by atoms with Gasteiger partial charge in [-0.3, -0.25) is 4.90 Å². The van der Waals surface area contributed by atoms with E-state index in [1.807, 2.05) is 0 Å². The van der Waals surface area contributed by atoms with E-state index in [1.54, 1.807) is 0 Å². The topological polar surface area (TPSA) is 15.3 Å². The van der Waals surface area contributed by atoms with Crippen LogP contribution in [0.2, 0.25) is 0 Å². The van der Waals surface area contributed by atoms with E-state index in [4.69, 9.17) is 0 Å². The van der Waals surface area contributed by atoms with Crippen molar-refractivity contribution in [1.82, 2.24) is 10.2 Å². The van der Waals surface area contributed by atoms with Crippen LogP contribution in [0.15, 0.2) is 30.3 Å². The number of piperazine rings is 1. The first-order valence-electron chi connectivity index (χ1n) is 8.13. The van der Waals surface area contributed by atoms with Crippen molar-refractivity contribution in [2.24, 2.45) is 0 Å². The van der Waals surface area contributed by atoms with Gasteiger partial charge in [-0.1, -0.05) is 44.2 Å². The highest BCUT2D eigenvalue weighted by molar-refractivity contribution is 5.16. The summed E-state index contributed by atoms with van der Waals surface area (Å²) >= 11 is 0. The van der Waals surface area contributed by atoms with E-state index in [9.17, 15) is 0 Å². The molecule has 2 heteroatoms. The molecule has 0 aliphatic carbocycles. The van der Waals surface area contributed by atoms with Crippen molar-refractivity contribution < 1.29 is 0 Å². The molecule has 0 aromatic heterocycles. The molecule has 2 nitrogen and oxygen atoms in total. The Labute approximate surface area is 124 Å². The molecular weight excluding hydrogens is 244 g/mol. The third-order valence-corrected chi connectivity index (χ3v) is 5.09. The Morgan fingerprint density at radius 2 is 2.00 bits per heavy atom. The molecule has 1 saturated heterocycles. The van der Waals surface area contributed by atoms with Gasteiger partial charge in [-0.25, -0.2) is 0 Å². The highest BCUT2D eigenvalue weighted by Gasteiger charge is 2.38. The summed E-state index contributed by atoms with van der Waals surface area (Å²) in [5.74, 6) is 0. The zero-order valence-corrected chi connectivity index (χ0v) is 13.5. The van der Waals surface area contributed by atoms with Gasteiger partial charge in [0.05, 0.1) is 0 Å². The van der Waals surface area contributed by atoms with Gasteiger partial charge in [0.15, 0.2) is 0 Å². The van der Waals surface area contributed by atoms with Crippen LogP contribution < -0.4 is 5.32 Å². The second kappa shape index (κ2) is 6.73. The lowest BCUT2D eigenvalue weighted by atomic mass is 9.88. The molecule has 1 heterocycles. The van der Waals surface area contributed by atoms with Crippen molar-refractivity contribution in [3.63, 3.8) is 0 Å². The van der Waals surface area contributed by atoms with Gasteiger partial charge in [0, 0.05) is 30.7 Å². The number of nitrogens with one attached hydrogen (secondary N) is 1. The maximum absolute atomic E-state index is 3.78. The lowest BCUT2D eigenvalue weighted by Gasteiger charge is -2.50. The van der Waals surface area contributed by atoms with Crippen LogP contribution in [-0.2, 0) is 6.42 Å². The SMILES string of the molecule is CCC(C)N1CC(Cc2ccccc2)NCC1(C)CC. The Balaban J connectivity index is 2.05. The molecule has 2 rings (SSSR count). The van der Waals surface area contributed by atoms with Crippen molar-refractivity contribution in [3.05, 3.63) is 35.9 Å². The molecule has 1 fully saturated rings. The van der Waals surface area contributed by atoms with Gasteiger partial charge in [0.25, 0.3) is 0 Å². The molecule has 1 aromatic rings. The summed E-state index contributed by atoms with van der Waals surface area (Å²) in [4.78, 5) is 2.73. The van der Waals surface area contributed by atoms with Crippen LogP contribution in [0.25, 0.3) is 0 Å². The van der Waals surface area contributed by atoms with Crippen LogP contribution in [0, 0.1) is 0 Å². The maximum atomic E-state index is 3.78. The van der Waals surface area contributed by atoms with Gasteiger partial charge < -0.3 is 5.32 Å². The van der Waals surface area contributed by atoms with E-state index in [0.29, 0.717) is 17.6 Å². The molecule has 0 radical (unpaired) electrons. The van der Waals surface area contributed by atoms with E-state index in [-0.39, 0.29) is 0 Å². The fraction of sp³-hybridized carbons (Fsp3) is 0.667. The minimum atomic E-state index is 0.308. The fourth-order valence-electron chi connectivity index (χ4n) is 3.28. The minimum Gasteiger partial charge on any atom is -0.311 e. The van der Waals surface area contributed by atoms with E-state index in [1.165, 1.54) is 18.4 Å². The van der Waals surface area contributed by atoms with Crippen LogP contribution in [0.4, 0.5) is 0 Å². The fourth-order valence-corrected chi connectivity index (χ4v) is 3.28. The summed E-state index contributed by atoms with van der Waals surface area (Å²) in [6.45, 7) is 11.7. The van der Waals surface area contributed by atoms with Crippen molar-refractivity contribution in [2.45, 2.75) is 64.6 Å². The number of rotatable bonds is 5. The van der Waals surface area contributed by atoms with E-state index < -0.39 is 0 Å². The maximum Gasteiger partial charge on any atom is 0.0306 e. The monoisotopic (exact) mass is 274 g/mol. The molecule has 1 aliphatic heterocycles. The Kier molecular flexibility index (Phi) is 5.22.